The summed E-state index contributed by atoms with van der Waals surface area (Å²) >= 11 is 0. The fourth-order valence-corrected chi connectivity index (χ4v) is 10.3. The van der Waals surface area contributed by atoms with Crippen LogP contribution in [-0.4, -0.2) is 56.8 Å². The van der Waals surface area contributed by atoms with Gasteiger partial charge in [-0.15, -0.1) is 0 Å². The fourth-order valence-electron chi connectivity index (χ4n) is 10.3. The second-order valence-electron chi connectivity index (χ2n) is 13.3. The third kappa shape index (κ3) is 3.12. The molecule has 0 unspecified atom stereocenters. The highest BCUT2D eigenvalue weighted by Gasteiger charge is 2.55. The van der Waals surface area contributed by atoms with Crippen LogP contribution >= 0.6 is 0 Å². The quantitative estimate of drug-likeness (QED) is 0.658. The van der Waals surface area contributed by atoms with Crippen LogP contribution in [0.4, 0.5) is 0 Å². The van der Waals surface area contributed by atoms with Crippen molar-refractivity contribution in [1.29, 1.82) is 0 Å². The average molecular weight is 463 g/mol. The molecule has 34 heavy (non-hydrogen) atoms. The molecular formula is C28H38N4O2. The van der Waals surface area contributed by atoms with E-state index in [1.54, 1.807) is 12.3 Å². The number of amides is 2. The number of hydrogen-bond donors (Lipinski definition) is 0. The second-order valence-corrected chi connectivity index (χ2v) is 13.3. The van der Waals surface area contributed by atoms with Crippen molar-refractivity contribution in [3.05, 3.63) is 23.8 Å². The number of carbonyl (C=O) groups excluding carboxylic acids is 2. The molecule has 1 heterocycles. The Labute approximate surface area is 202 Å². The van der Waals surface area contributed by atoms with Crippen molar-refractivity contribution in [3.8, 4) is 0 Å². The van der Waals surface area contributed by atoms with Crippen molar-refractivity contribution in [3.63, 3.8) is 0 Å². The smallest absolute Gasteiger partial charge is 0.291 e. The first kappa shape index (κ1) is 21.3. The Hall–Kier alpha value is -1.98. The molecule has 0 aliphatic heterocycles. The lowest BCUT2D eigenvalue weighted by Crippen LogP contribution is -2.60. The molecule has 8 aliphatic carbocycles. The Morgan fingerprint density at radius 3 is 1.50 bits per heavy atom. The van der Waals surface area contributed by atoms with Crippen LogP contribution in [-0.2, 0) is 0 Å². The van der Waals surface area contributed by atoms with Crippen LogP contribution in [0, 0.1) is 35.5 Å². The predicted molar refractivity (Wildman–Crippen MR) is 128 cm³/mol. The summed E-state index contributed by atoms with van der Waals surface area (Å²) in [6.07, 6.45) is 16.5. The van der Waals surface area contributed by atoms with E-state index >= 15 is 0 Å². The summed E-state index contributed by atoms with van der Waals surface area (Å²) in [7, 11) is 3.93. The molecule has 8 bridgehead atoms. The maximum absolute atomic E-state index is 13.6. The predicted octanol–water partition coefficient (Wildman–Crippen LogP) is 4.56. The minimum atomic E-state index is -0.117. The van der Waals surface area contributed by atoms with Gasteiger partial charge in [-0.1, -0.05) is 0 Å². The third-order valence-corrected chi connectivity index (χ3v) is 11.1. The number of hydrogen-bond acceptors (Lipinski definition) is 4. The van der Waals surface area contributed by atoms with E-state index in [0.29, 0.717) is 5.69 Å². The molecule has 1 aromatic rings. The summed E-state index contributed by atoms with van der Waals surface area (Å²) in [4.78, 5) is 40.1. The van der Waals surface area contributed by atoms with E-state index in [4.69, 9.17) is 0 Å². The summed E-state index contributed by atoms with van der Waals surface area (Å²) < 4.78 is 0. The molecule has 182 valence electrons. The average Bonchev–Trinajstić information content (AvgIpc) is 2.80. The zero-order valence-corrected chi connectivity index (χ0v) is 20.7. The molecule has 9 rings (SSSR count). The zero-order valence-electron chi connectivity index (χ0n) is 20.7. The zero-order chi connectivity index (χ0) is 23.2. The Morgan fingerprint density at radius 2 is 1.09 bits per heavy atom. The molecule has 0 spiro atoms. The molecule has 6 nitrogen and oxygen atoms in total. The van der Waals surface area contributed by atoms with Gasteiger partial charge in [0, 0.05) is 31.4 Å². The highest BCUT2D eigenvalue weighted by molar-refractivity contribution is 5.95. The lowest BCUT2D eigenvalue weighted by molar-refractivity contribution is -0.0669. The number of aromatic nitrogens is 2. The molecule has 1 aromatic heterocycles. The van der Waals surface area contributed by atoms with Crippen molar-refractivity contribution >= 4 is 11.8 Å². The maximum Gasteiger partial charge on any atom is 0.291 e. The van der Waals surface area contributed by atoms with Gasteiger partial charge in [0.1, 0.15) is 5.69 Å². The monoisotopic (exact) mass is 462 g/mol. The first-order valence-corrected chi connectivity index (χ1v) is 13.7. The van der Waals surface area contributed by atoms with Gasteiger partial charge in [-0.2, -0.15) is 0 Å². The molecule has 2 amide bonds. The van der Waals surface area contributed by atoms with Crippen LogP contribution in [0.5, 0.6) is 0 Å². The normalized spacial score (nSPS) is 43.2. The van der Waals surface area contributed by atoms with Gasteiger partial charge in [-0.25, -0.2) is 9.97 Å². The molecule has 8 saturated carbocycles. The van der Waals surface area contributed by atoms with Crippen molar-refractivity contribution in [2.75, 3.05) is 14.1 Å². The van der Waals surface area contributed by atoms with Gasteiger partial charge in [0.05, 0.1) is 0 Å². The molecule has 0 atom stereocenters. The van der Waals surface area contributed by atoms with Gasteiger partial charge in [-0.3, -0.25) is 9.59 Å². The summed E-state index contributed by atoms with van der Waals surface area (Å²) in [6, 6.07) is 1.70. The molecule has 0 radical (unpaired) electrons. The van der Waals surface area contributed by atoms with E-state index in [0.717, 1.165) is 74.0 Å². The highest BCUT2D eigenvalue weighted by Crippen LogP contribution is 2.58. The van der Waals surface area contributed by atoms with Crippen LogP contribution in [0.3, 0.4) is 0 Å². The lowest BCUT2D eigenvalue weighted by Gasteiger charge is -2.59. The van der Waals surface area contributed by atoms with Crippen LogP contribution in [0.15, 0.2) is 12.3 Å². The van der Waals surface area contributed by atoms with Crippen LogP contribution in [0.25, 0.3) is 0 Å². The van der Waals surface area contributed by atoms with Crippen molar-refractivity contribution in [2.45, 2.75) is 88.1 Å². The number of nitrogens with zero attached hydrogens (tertiary/aromatic N) is 4. The van der Waals surface area contributed by atoms with Gasteiger partial charge in [0.25, 0.3) is 11.8 Å². The highest BCUT2D eigenvalue weighted by atomic mass is 16.2. The van der Waals surface area contributed by atoms with E-state index in [-0.39, 0.29) is 28.7 Å². The van der Waals surface area contributed by atoms with Crippen molar-refractivity contribution < 1.29 is 9.59 Å². The van der Waals surface area contributed by atoms with E-state index in [2.05, 4.69) is 9.97 Å². The number of carbonyl (C=O) groups is 2. The largest absolute Gasteiger partial charge is 0.335 e. The molecule has 6 heteroatoms. The van der Waals surface area contributed by atoms with Crippen LogP contribution in [0.1, 0.15) is 98.2 Å². The first-order valence-electron chi connectivity index (χ1n) is 13.7. The SMILES string of the molecule is CN(C(=O)c1ccnc(C(=O)N(C)C23CC4CC(CC(C4)C2)C3)n1)C12CC3CC(CC(C3)C1)C2. The van der Waals surface area contributed by atoms with Crippen molar-refractivity contribution in [2.24, 2.45) is 35.5 Å². The minimum Gasteiger partial charge on any atom is -0.335 e. The van der Waals surface area contributed by atoms with E-state index in [1.165, 1.54) is 38.5 Å². The molecule has 0 N–H and O–H groups in total. The summed E-state index contributed by atoms with van der Waals surface area (Å²) in [6.45, 7) is 0. The molecular weight excluding hydrogens is 424 g/mol. The van der Waals surface area contributed by atoms with E-state index in [9.17, 15) is 9.59 Å². The Kier molecular flexibility index (Phi) is 4.56. The van der Waals surface area contributed by atoms with Crippen molar-refractivity contribution in [1.82, 2.24) is 19.8 Å². The summed E-state index contributed by atoms with van der Waals surface area (Å²) in [5.41, 5.74) is 0.317. The van der Waals surface area contributed by atoms with Gasteiger partial charge in [0.2, 0.25) is 5.82 Å². The van der Waals surface area contributed by atoms with Crippen LogP contribution < -0.4 is 0 Å². The topological polar surface area (TPSA) is 66.4 Å². The van der Waals surface area contributed by atoms with Crippen LogP contribution in [0.2, 0.25) is 0 Å². The molecule has 8 aliphatic rings. The van der Waals surface area contributed by atoms with E-state index in [1.807, 2.05) is 23.9 Å². The standard InChI is InChI=1S/C28H38N4O2/c1-31(27-11-17-5-18(12-27)7-19(6-17)13-27)25(33)23-3-4-29-24(30-23)26(34)32(2)28-14-20-8-21(15-28)10-22(9-20)16-28/h3-4,17-22H,5-16H2,1-2H3. The van der Waals surface area contributed by atoms with E-state index < -0.39 is 0 Å². The Balaban J connectivity index is 1.12. The molecule has 8 fully saturated rings. The fraction of sp³-hybridized carbons (Fsp3) is 0.786. The first-order chi connectivity index (χ1) is 16.3. The summed E-state index contributed by atoms with van der Waals surface area (Å²) in [5.74, 6) is 4.65. The second kappa shape index (κ2) is 7.27. The lowest BCUT2D eigenvalue weighted by atomic mass is 9.52. The maximum atomic E-state index is 13.6. The Bertz CT molecular complexity index is 887. The van der Waals surface area contributed by atoms with Gasteiger partial charge in [-0.05, 0) is 119 Å². The molecule has 0 aromatic carbocycles. The minimum absolute atomic E-state index is 0.0169. The summed E-state index contributed by atoms with van der Waals surface area (Å²) in [5, 5.41) is 0. The number of rotatable bonds is 4. The molecule has 0 saturated heterocycles. The third-order valence-electron chi connectivity index (χ3n) is 11.1. The van der Waals surface area contributed by atoms with Gasteiger partial charge >= 0.3 is 0 Å². The van der Waals surface area contributed by atoms with Gasteiger partial charge < -0.3 is 9.80 Å². The van der Waals surface area contributed by atoms with Gasteiger partial charge in [0.15, 0.2) is 0 Å². The Morgan fingerprint density at radius 1 is 0.706 bits per heavy atom.